The van der Waals surface area contributed by atoms with Crippen molar-refractivity contribution in [2.45, 2.75) is 63.8 Å². The van der Waals surface area contributed by atoms with Crippen molar-refractivity contribution in [1.29, 1.82) is 0 Å². The van der Waals surface area contributed by atoms with Crippen LogP contribution >= 0.6 is 15.9 Å². The zero-order chi connectivity index (χ0) is 29.4. The van der Waals surface area contributed by atoms with Gasteiger partial charge in [0.1, 0.15) is 17.3 Å². The molecule has 0 heterocycles. The van der Waals surface area contributed by atoms with Crippen LogP contribution in [0.25, 0.3) is 0 Å². The van der Waals surface area contributed by atoms with Gasteiger partial charge in [-0.15, -0.1) is 10.7 Å². The van der Waals surface area contributed by atoms with Gasteiger partial charge in [0, 0.05) is 34.4 Å². The number of rotatable bonds is 9. The summed E-state index contributed by atoms with van der Waals surface area (Å²) in [4.78, 5) is 0. The van der Waals surface area contributed by atoms with Gasteiger partial charge in [-0.05, 0) is 54.4 Å². The Morgan fingerprint density at radius 1 is 0.925 bits per heavy atom. The highest BCUT2D eigenvalue weighted by atomic mass is 79.9. The van der Waals surface area contributed by atoms with Crippen molar-refractivity contribution in [3.63, 3.8) is 0 Å². The maximum Gasteiger partial charge on any atom is 0.261 e. The monoisotopic (exact) mass is 633 g/mol. The SMILES string of the molecule is C#CCN([C@@H](C#Cc1cccc(Br)c1)CCO[Si](c1ccccc1)(c1ccccc1)C(C)(C)C)[S+]([O-])C(C)(C)C. The van der Waals surface area contributed by atoms with Crippen LogP contribution in [-0.4, -0.2) is 41.1 Å². The highest BCUT2D eigenvalue weighted by molar-refractivity contribution is 9.10. The molecule has 3 nitrogen and oxygen atoms in total. The lowest BCUT2D eigenvalue weighted by Gasteiger charge is -2.43. The fourth-order valence-electron chi connectivity index (χ4n) is 4.83. The Bertz CT molecular complexity index is 1290. The van der Waals surface area contributed by atoms with E-state index in [-0.39, 0.29) is 17.6 Å². The third-order valence-electron chi connectivity index (χ3n) is 6.67. The molecule has 0 N–H and O–H groups in total. The first kappa shape index (κ1) is 32.2. The second-order valence-electron chi connectivity index (χ2n) is 11.7. The Morgan fingerprint density at radius 3 is 1.98 bits per heavy atom. The van der Waals surface area contributed by atoms with Crippen LogP contribution in [0.15, 0.2) is 89.4 Å². The van der Waals surface area contributed by atoms with E-state index in [9.17, 15) is 4.55 Å². The van der Waals surface area contributed by atoms with Crippen LogP contribution in [0.1, 0.15) is 53.5 Å². The Kier molecular flexibility index (Phi) is 11.3. The average Bonchev–Trinajstić information content (AvgIpc) is 2.91. The van der Waals surface area contributed by atoms with Gasteiger partial charge in [-0.3, -0.25) is 0 Å². The summed E-state index contributed by atoms with van der Waals surface area (Å²) in [6, 6.07) is 28.7. The van der Waals surface area contributed by atoms with Crippen LogP contribution in [-0.2, 0) is 15.8 Å². The lowest BCUT2D eigenvalue weighted by molar-refractivity contribution is 0.259. The predicted molar refractivity (Wildman–Crippen MR) is 176 cm³/mol. The van der Waals surface area contributed by atoms with Crippen molar-refractivity contribution >= 4 is 46.0 Å². The molecule has 210 valence electrons. The maximum absolute atomic E-state index is 13.7. The second kappa shape index (κ2) is 14.1. The lowest BCUT2D eigenvalue weighted by atomic mass is 10.1. The predicted octanol–water partition coefficient (Wildman–Crippen LogP) is 6.53. The van der Waals surface area contributed by atoms with E-state index in [1.54, 1.807) is 0 Å². The Hall–Kier alpha value is -2.29. The molecule has 3 aromatic carbocycles. The van der Waals surface area contributed by atoms with E-state index < -0.39 is 24.4 Å². The summed E-state index contributed by atoms with van der Waals surface area (Å²) >= 11 is 2.18. The lowest BCUT2D eigenvalue weighted by Crippen LogP contribution is -2.66. The minimum atomic E-state index is -2.72. The quantitative estimate of drug-likeness (QED) is 0.153. The molecular formula is C34H40BrNO2SSi. The van der Waals surface area contributed by atoms with E-state index in [1.807, 2.05) is 61.5 Å². The molecule has 3 aromatic rings. The number of hydrogen-bond donors (Lipinski definition) is 0. The summed E-state index contributed by atoms with van der Waals surface area (Å²) < 4.78 is 23.1. The summed E-state index contributed by atoms with van der Waals surface area (Å²) in [6.07, 6.45) is 6.34. The molecule has 6 heteroatoms. The van der Waals surface area contributed by atoms with Gasteiger partial charge in [0.15, 0.2) is 0 Å². The van der Waals surface area contributed by atoms with E-state index in [0.29, 0.717) is 13.0 Å². The largest absolute Gasteiger partial charge is 0.597 e. The molecule has 1 unspecified atom stereocenters. The Balaban J connectivity index is 2.03. The highest BCUT2D eigenvalue weighted by Gasteiger charge is 2.50. The maximum atomic E-state index is 13.7. The van der Waals surface area contributed by atoms with Crippen LogP contribution in [0.5, 0.6) is 0 Å². The molecule has 0 radical (unpaired) electrons. The summed E-state index contributed by atoms with van der Waals surface area (Å²) in [6.45, 7) is 13.4. The fraction of sp³-hybridized carbons (Fsp3) is 0.353. The molecule has 0 fully saturated rings. The molecule has 0 aliphatic heterocycles. The minimum absolute atomic E-state index is 0.139. The van der Waals surface area contributed by atoms with Gasteiger partial charge in [0.25, 0.3) is 8.32 Å². The van der Waals surface area contributed by atoms with E-state index in [2.05, 4.69) is 103 Å². The summed E-state index contributed by atoms with van der Waals surface area (Å²) in [5.41, 5.74) is 0.884. The summed E-state index contributed by atoms with van der Waals surface area (Å²) in [5.74, 6) is 9.43. The molecule has 40 heavy (non-hydrogen) atoms. The van der Waals surface area contributed by atoms with Gasteiger partial charge in [0.05, 0.1) is 0 Å². The summed E-state index contributed by atoms with van der Waals surface area (Å²) in [7, 11) is -2.72. The van der Waals surface area contributed by atoms with Gasteiger partial charge >= 0.3 is 0 Å². The third kappa shape index (κ3) is 7.92. The Labute approximate surface area is 254 Å². The number of nitrogens with zero attached hydrogens (tertiary/aromatic N) is 1. The number of halogens is 1. The molecule has 0 amide bonds. The van der Waals surface area contributed by atoms with Gasteiger partial charge in [-0.25, -0.2) is 0 Å². The molecule has 0 spiro atoms. The van der Waals surface area contributed by atoms with Gasteiger partial charge in [0.2, 0.25) is 0 Å². The minimum Gasteiger partial charge on any atom is -0.597 e. The van der Waals surface area contributed by atoms with Crippen molar-refractivity contribution in [3.8, 4) is 24.2 Å². The van der Waals surface area contributed by atoms with Crippen molar-refractivity contribution in [2.24, 2.45) is 0 Å². The number of benzene rings is 3. The molecule has 0 bridgehead atoms. The van der Waals surface area contributed by atoms with Gasteiger partial charge in [-0.2, -0.15) is 0 Å². The number of hydrogen-bond acceptors (Lipinski definition) is 3. The van der Waals surface area contributed by atoms with E-state index >= 15 is 0 Å². The molecule has 0 aliphatic carbocycles. The molecule has 2 atom stereocenters. The van der Waals surface area contributed by atoms with E-state index in [0.717, 1.165) is 10.0 Å². The molecule has 0 saturated heterocycles. The van der Waals surface area contributed by atoms with Gasteiger partial charge in [-0.1, -0.05) is 121 Å². The van der Waals surface area contributed by atoms with Crippen molar-refractivity contribution in [3.05, 3.63) is 95.0 Å². The fourth-order valence-corrected chi connectivity index (χ4v) is 11.1. The molecular weight excluding hydrogens is 594 g/mol. The van der Waals surface area contributed by atoms with Crippen LogP contribution in [0, 0.1) is 24.2 Å². The van der Waals surface area contributed by atoms with Crippen LogP contribution in [0.4, 0.5) is 0 Å². The zero-order valence-corrected chi connectivity index (χ0v) is 27.8. The smallest absolute Gasteiger partial charge is 0.261 e. The van der Waals surface area contributed by atoms with E-state index in [1.165, 1.54) is 10.4 Å². The first-order valence-electron chi connectivity index (χ1n) is 13.5. The third-order valence-corrected chi connectivity index (χ3v) is 14.1. The number of terminal acetylenes is 1. The molecule has 0 saturated carbocycles. The standard InChI is InChI=1S/C34H40BrNO2SSi/c1-8-25-36(39(37)33(2,3)4)30(23-22-28-16-15-17-29(35)27-28)24-26-38-40(34(5,6)7,31-18-11-9-12-19-31)32-20-13-10-14-21-32/h1,9-21,27,30H,24-26H2,2-7H3/t30-,39?/m0/s1. The normalized spacial score (nSPS) is 13.7. The molecule has 0 aromatic heterocycles. The van der Waals surface area contributed by atoms with Crippen LogP contribution in [0.3, 0.4) is 0 Å². The molecule has 3 rings (SSSR count). The summed E-state index contributed by atoms with van der Waals surface area (Å²) in [5, 5.41) is 2.31. The van der Waals surface area contributed by atoms with E-state index in [4.69, 9.17) is 10.8 Å². The van der Waals surface area contributed by atoms with Crippen molar-refractivity contribution in [1.82, 2.24) is 4.31 Å². The van der Waals surface area contributed by atoms with Crippen LogP contribution in [0.2, 0.25) is 5.04 Å². The van der Waals surface area contributed by atoms with Crippen molar-refractivity contribution in [2.75, 3.05) is 13.2 Å². The second-order valence-corrected chi connectivity index (χ2v) is 19.2. The average molecular weight is 635 g/mol. The highest BCUT2D eigenvalue weighted by Crippen LogP contribution is 2.37. The zero-order valence-electron chi connectivity index (χ0n) is 24.4. The first-order valence-corrected chi connectivity index (χ1v) is 17.3. The first-order chi connectivity index (χ1) is 18.9. The van der Waals surface area contributed by atoms with Crippen molar-refractivity contribution < 1.29 is 8.98 Å². The Morgan fingerprint density at radius 2 is 1.50 bits per heavy atom. The molecule has 0 aliphatic rings. The topological polar surface area (TPSA) is 35.5 Å². The van der Waals surface area contributed by atoms with Crippen LogP contribution < -0.4 is 10.4 Å². The van der Waals surface area contributed by atoms with Gasteiger partial charge < -0.3 is 8.98 Å².